The first-order valence-corrected chi connectivity index (χ1v) is 6.69. The molecule has 2 heterocycles. The summed E-state index contributed by atoms with van der Waals surface area (Å²) in [6.07, 6.45) is 5.37. The van der Waals surface area contributed by atoms with Crippen LogP contribution in [0.15, 0.2) is 24.0 Å². The summed E-state index contributed by atoms with van der Waals surface area (Å²) < 4.78 is 1.02. The van der Waals surface area contributed by atoms with E-state index in [-0.39, 0.29) is 5.54 Å². The Morgan fingerprint density at radius 1 is 1.25 bits per heavy atom. The molecule has 2 aromatic rings. The minimum absolute atomic E-state index is 0.249. The van der Waals surface area contributed by atoms with Crippen LogP contribution in [0.5, 0.6) is 0 Å². The molecule has 0 radical (unpaired) electrons. The number of nitrogens with one attached hydrogen (secondary N) is 1. The van der Waals surface area contributed by atoms with Gasteiger partial charge in [0.2, 0.25) is 5.95 Å². The predicted molar refractivity (Wildman–Crippen MR) is 73.5 cm³/mol. The van der Waals surface area contributed by atoms with Crippen LogP contribution in [-0.4, -0.2) is 15.0 Å². The number of nitrogens with zero attached hydrogens (tertiary/aromatic N) is 3. The van der Waals surface area contributed by atoms with E-state index < -0.39 is 0 Å². The average Bonchev–Trinajstić information content (AvgIpc) is 2.75. The summed E-state index contributed by atoms with van der Waals surface area (Å²) in [5.41, 5.74) is -0.249. The van der Waals surface area contributed by atoms with Crippen molar-refractivity contribution in [1.29, 1.82) is 0 Å². The summed E-state index contributed by atoms with van der Waals surface area (Å²) in [7, 11) is 0. The fourth-order valence-corrected chi connectivity index (χ4v) is 2.24. The number of anilines is 1. The van der Waals surface area contributed by atoms with Crippen LogP contribution in [0, 0.1) is 3.57 Å². The summed E-state index contributed by atoms with van der Waals surface area (Å²) in [6, 6.07) is 0. The summed E-state index contributed by atoms with van der Waals surface area (Å²) in [5.74, 6) is 0.626. The Morgan fingerprint density at radius 2 is 1.94 bits per heavy atom. The fraction of sp³-hybridized carbons (Fsp3) is 0.300. The van der Waals surface area contributed by atoms with Crippen molar-refractivity contribution < 1.29 is 0 Å². The van der Waals surface area contributed by atoms with Crippen molar-refractivity contribution in [3.63, 3.8) is 0 Å². The third-order valence-electron chi connectivity index (χ3n) is 2.01. The molecule has 6 heteroatoms. The molecule has 0 saturated heterocycles. The number of rotatable bonds is 3. The van der Waals surface area contributed by atoms with Gasteiger partial charge in [0, 0.05) is 27.5 Å². The van der Waals surface area contributed by atoms with Crippen LogP contribution < -0.4 is 5.32 Å². The van der Waals surface area contributed by atoms with Crippen LogP contribution in [0.25, 0.3) is 0 Å². The van der Waals surface area contributed by atoms with E-state index in [1.807, 2.05) is 5.38 Å². The number of thiazole rings is 1. The van der Waals surface area contributed by atoms with Gasteiger partial charge in [-0.1, -0.05) is 0 Å². The first kappa shape index (κ1) is 11.7. The quantitative estimate of drug-likeness (QED) is 0.869. The maximum Gasteiger partial charge on any atom is 0.223 e. The predicted octanol–water partition coefficient (Wildman–Crippen LogP) is 2.88. The van der Waals surface area contributed by atoms with Gasteiger partial charge in [-0.25, -0.2) is 15.0 Å². The van der Waals surface area contributed by atoms with Gasteiger partial charge in [-0.3, -0.25) is 0 Å². The lowest BCUT2D eigenvalue weighted by molar-refractivity contribution is 0.596. The third-order valence-corrected chi connectivity index (χ3v) is 3.67. The van der Waals surface area contributed by atoms with E-state index in [0.717, 1.165) is 8.58 Å². The summed E-state index contributed by atoms with van der Waals surface area (Å²) in [4.78, 5) is 12.7. The second-order valence-electron chi connectivity index (χ2n) is 3.81. The largest absolute Gasteiger partial charge is 0.343 e. The van der Waals surface area contributed by atoms with Crippen molar-refractivity contribution in [3.8, 4) is 0 Å². The Labute approximate surface area is 112 Å². The van der Waals surface area contributed by atoms with E-state index >= 15 is 0 Å². The van der Waals surface area contributed by atoms with Crippen molar-refractivity contribution in [2.45, 2.75) is 19.4 Å². The second-order valence-corrected chi connectivity index (χ2v) is 5.95. The van der Waals surface area contributed by atoms with E-state index in [1.54, 1.807) is 29.9 Å². The van der Waals surface area contributed by atoms with Gasteiger partial charge in [0.1, 0.15) is 5.01 Å². The number of hydrogen-bond acceptors (Lipinski definition) is 5. The van der Waals surface area contributed by atoms with Gasteiger partial charge in [-0.15, -0.1) is 11.3 Å². The van der Waals surface area contributed by atoms with E-state index in [4.69, 9.17) is 0 Å². The normalized spacial score (nSPS) is 11.4. The van der Waals surface area contributed by atoms with E-state index in [0.29, 0.717) is 5.95 Å². The average molecular weight is 346 g/mol. The van der Waals surface area contributed by atoms with Gasteiger partial charge in [0.25, 0.3) is 0 Å². The zero-order valence-corrected chi connectivity index (χ0v) is 11.9. The van der Waals surface area contributed by atoms with Crippen molar-refractivity contribution >= 4 is 39.9 Å². The molecule has 2 rings (SSSR count). The second kappa shape index (κ2) is 4.62. The highest BCUT2D eigenvalue weighted by molar-refractivity contribution is 14.1. The highest BCUT2D eigenvalue weighted by Crippen LogP contribution is 2.25. The van der Waals surface area contributed by atoms with Crippen LogP contribution in [0.2, 0.25) is 0 Å². The standard InChI is InChI=1S/C10H11IN4S/c1-10(2,8-12-3-4-16-8)15-9-13-5-7(11)6-14-9/h3-6H,1-2H3,(H,13,14,15). The SMILES string of the molecule is CC(C)(Nc1ncc(I)cn1)c1nccs1. The third kappa shape index (κ3) is 2.67. The van der Waals surface area contributed by atoms with E-state index in [1.165, 1.54) is 0 Å². The first-order chi connectivity index (χ1) is 7.58. The minimum atomic E-state index is -0.249. The van der Waals surface area contributed by atoms with Crippen LogP contribution in [0.4, 0.5) is 5.95 Å². The highest BCUT2D eigenvalue weighted by atomic mass is 127. The van der Waals surface area contributed by atoms with E-state index in [9.17, 15) is 0 Å². The van der Waals surface area contributed by atoms with Gasteiger partial charge < -0.3 is 5.32 Å². The minimum Gasteiger partial charge on any atom is -0.343 e. The van der Waals surface area contributed by atoms with Crippen molar-refractivity contribution in [1.82, 2.24) is 15.0 Å². The maximum absolute atomic E-state index is 4.30. The van der Waals surface area contributed by atoms with Crippen molar-refractivity contribution in [2.24, 2.45) is 0 Å². The molecule has 84 valence electrons. The van der Waals surface area contributed by atoms with E-state index in [2.05, 4.69) is 56.7 Å². The molecule has 0 aliphatic carbocycles. The lowest BCUT2D eigenvalue weighted by Crippen LogP contribution is -2.28. The lowest BCUT2D eigenvalue weighted by Gasteiger charge is -2.23. The Morgan fingerprint density at radius 3 is 2.50 bits per heavy atom. The molecule has 0 saturated carbocycles. The number of hydrogen-bond donors (Lipinski definition) is 1. The van der Waals surface area contributed by atoms with Crippen molar-refractivity contribution in [3.05, 3.63) is 32.5 Å². The number of aromatic nitrogens is 3. The molecule has 0 spiro atoms. The Hall–Kier alpha value is -0.760. The Bertz CT molecular complexity index is 452. The van der Waals surface area contributed by atoms with Gasteiger partial charge >= 0.3 is 0 Å². The summed E-state index contributed by atoms with van der Waals surface area (Å²) in [6.45, 7) is 4.13. The van der Waals surface area contributed by atoms with Gasteiger partial charge in [0.05, 0.1) is 5.54 Å². The molecule has 0 fully saturated rings. The molecule has 0 bridgehead atoms. The van der Waals surface area contributed by atoms with Crippen LogP contribution in [-0.2, 0) is 5.54 Å². The zero-order valence-electron chi connectivity index (χ0n) is 8.94. The Kier molecular flexibility index (Phi) is 3.38. The molecule has 0 unspecified atom stereocenters. The summed E-state index contributed by atoms with van der Waals surface area (Å²) in [5, 5.41) is 6.26. The molecule has 0 aromatic carbocycles. The molecule has 2 aromatic heterocycles. The van der Waals surface area contributed by atoms with Crippen LogP contribution in [0.3, 0.4) is 0 Å². The van der Waals surface area contributed by atoms with Crippen LogP contribution in [0.1, 0.15) is 18.9 Å². The molecular weight excluding hydrogens is 335 g/mol. The molecule has 0 aliphatic heterocycles. The molecule has 4 nitrogen and oxygen atoms in total. The lowest BCUT2D eigenvalue weighted by atomic mass is 10.1. The molecule has 0 amide bonds. The highest BCUT2D eigenvalue weighted by Gasteiger charge is 2.23. The fourth-order valence-electron chi connectivity index (χ4n) is 1.24. The maximum atomic E-state index is 4.30. The summed E-state index contributed by atoms with van der Waals surface area (Å²) >= 11 is 3.80. The topological polar surface area (TPSA) is 50.7 Å². The van der Waals surface area contributed by atoms with Gasteiger partial charge in [0.15, 0.2) is 0 Å². The molecule has 0 atom stereocenters. The van der Waals surface area contributed by atoms with Crippen LogP contribution >= 0.6 is 33.9 Å². The molecular formula is C10H11IN4S. The first-order valence-electron chi connectivity index (χ1n) is 4.73. The Balaban J connectivity index is 2.18. The molecule has 0 aliphatic rings. The van der Waals surface area contributed by atoms with Gasteiger partial charge in [-0.2, -0.15) is 0 Å². The van der Waals surface area contributed by atoms with Gasteiger partial charge in [-0.05, 0) is 36.4 Å². The zero-order chi connectivity index (χ0) is 11.6. The molecule has 1 N–H and O–H groups in total. The monoisotopic (exact) mass is 346 g/mol. The smallest absolute Gasteiger partial charge is 0.223 e. The molecule has 16 heavy (non-hydrogen) atoms. The number of halogens is 1. The van der Waals surface area contributed by atoms with Crippen molar-refractivity contribution in [2.75, 3.05) is 5.32 Å².